The number of aromatic nitrogens is 4. The van der Waals surface area contributed by atoms with E-state index in [0.717, 1.165) is 5.69 Å². The van der Waals surface area contributed by atoms with Gasteiger partial charge in [-0.25, -0.2) is 9.67 Å². The van der Waals surface area contributed by atoms with Crippen LogP contribution in [0.4, 0.5) is 0 Å². The Morgan fingerprint density at radius 1 is 1.33 bits per heavy atom. The van der Waals surface area contributed by atoms with E-state index in [0.29, 0.717) is 23.0 Å². The van der Waals surface area contributed by atoms with E-state index in [2.05, 4.69) is 15.4 Å². The van der Waals surface area contributed by atoms with Gasteiger partial charge in [0.25, 0.3) is 5.91 Å². The smallest absolute Gasteiger partial charge is 0.256 e. The van der Waals surface area contributed by atoms with E-state index in [1.165, 1.54) is 0 Å². The predicted molar refractivity (Wildman–Crippen MR) is 92.5 cm³/mol. The number of benzene rings is 1. The summed E-state index contributed by atoms with van der Waals surface area (Å²) in [6.45, 7) is 4.35. The van der Waals surface area contributed by atoms with Crippen molar-refractivity contribution in [2.45, 2.75) is 26.4 Å². The molecule has 0 saturated heterocycles. The molecular formula is C17H18ClN5O. The monoisotopic (exact) mass is 343 g/mol. The van der Waals surface area contributed by atoms with Crippen LogP contribution in [0.1, 0.15) is 23.0 Å². The molecule has 0 aliphatic rings. The second-order valence-corrected chi connectivity index (χ2v) is 5.99. The third kappa shape index (κ3) is 3.33. The zero-order valence-corrected chi connectivity index (χ0v) is 14.2. The van der Waals surface area contributed by atoms with Gasteiger partial charge in [0.05, 0.1) is 23.3 Å². The number of aryl methyl sites for hydroxylation is 1. The molecular weight excluding hydrogens is 326 g/mol. The quantitative estimate of drug-likeness (QED) is 0.774. The van der Waals surface area contributed by atoms with Crippen LogP contribution in [0.25, 0.3) is 5.69 Å². The molecule has 2 heterocycles. The summed E-state index contributed by atoms with van der Waals surface area (Å²) in [5, 5.41) is 7.66. The molecule has 3 rings (SSSR count). The van der Waals surface area contributed by atoms with Gasteiger partial charge in [0, 0.05) is 25.0 Å². The molecule has 0 spiro atoms. The average molecular weight is 344 g/mol. The fourth-order valence-electron chi connectivity index (χ4n) is 2.55. The molecule has 6 nitrogen and oxygen atoms in total. The second-order valence-electron chi connectivity index (χ2n) is 5.63. The zero-order chi connectivity index (χ0) is 17.1. The minimum Gasteiger partial charge on any atom is -0.348 e. The van der Waals surface area contributed by atoms with Crippen molar-refractivity contribution in [2.75, 3.05) is 0 Å². The molecule has 1 aromatic carbocycles. The van der Waals surface area contributed by atoms with Gasteiger partial charge < -0.3 is 9.88 Å². The van der Waals surface area contributed by atoms with Crippen molar-refractivity contribution in [3.63, 3.8) is 0 Å². The summed E-state index contributed by atoms with van der Waals surface area (Å²) in [6.07, 6.45) is 5.28. The van der Waals surface area contributed by atoms with Crippen LogP contribution in [0.2, 0.25) is 5.15 Å². The Morgan fingerprint density at radius 3 is 2.75 bits per heavy atom. The van der Waals surface area contributed by atoms with E-state index in [-0.39, 0.29) is 11.9 Å². The molecule has 0 bridgehead atoms. The van der Waals surface area contributed by atoms with Crippen LogP contribution in [-0.4, -0.2) is 31.3 Å². The Balaban J connectivity index is 1.79. The lowest BCUT2D eigenvalue weighted by Crippen LogP contribution is -2.35. The second kappa shape index (κ2) is 6.88. The van der Waals surface area contributed by atoms with Crippen LogP contribution in [-0.2, 0) is 6.54 Å². The van der Waals surface area contributed by atoms with Gasteiger partial charge in [0.1, 0.15) is 5.15 Å². The molecule has 1 atom stereocenters. The molecule has 0 saturated carbocycles. The van der Waals surface area contributed by atoms with Crippen LogP contribution in [0.15, 0.2) is 49.1 Å². The molecule has 1 amide bonds. The Labute approximate surface area is 145 Å². The third-order valence-corrected chi connectivity index (χ3v) is 4.00. The lowest BCUT2D eigenvalue weighted by atomic mass is 10.2. The Bertz CT molecular complexity index is 826. The lowest BCUT2D eigenvalue weighted by molar-refractivity contribution is 0.0936. The maximum absolute atomic E-state index is 12.6. The number of nitrogens with one attached hydrogen (secondary N) is 1. The Kier molecular flexibility index (Phi) is 4.66. The number of hydrogen-bond donors (Lipinski definition) is 1. The maximum atomic E-state index is 12.6. The molecule has 1 N–H and O–H groups in total. The van der Waals surface area contributed by atoms with E-state index in [9.17, 15) is 4.79 Å². The predicted octanol–water partition coefficient (Wildman–Crippen LogP) is 2.85. The highest BCUT2D eigenvalue weighted by atomic mass is 35.5. The molecule has 0 radical (unpaired) electrons. The van der Waals surface area contributed by atoms with Crippen LogP contribution >= 0.6 is 11.6 Å². The first-order chi connectivity index (χ1) is 11.6. The fraction of sp³-hybridized carbons (Fsp3) is 0.235. The maximum Gasteiger partial charge on any atom is 0.256 e. The van der Waals surface area contributed by atoms with E-state index in [1.54, 1.807) is 24.1 Å². The topological polar surface area (TPSA) is 64.7 Å². The number of hydrogen-bond acceptors (Lipinski definition) is 3. The first kappa shape index (κ1) is 16.3. The fourth-order valence-corrected chi connectivity index (χ4v) is 2.91. The molecule has 24 heavy (non-hydrogen) atoms. The van der Waals surface area contributed by atoms with Crippen molar-refractivity contribution < 1.29 is 4.79 Å². The average Bonchev–Trinajstić information content (AvgIpc) is 3.15. The van der Waals surface area contributed by atoms with Gasteiger partial charge in [0.15, 0.2) is 0 Å². The molecule has 3 aromatic rings. The lowest BCUT2D eigenvalue weighted by Gasteiger charge is -2.14. The Morgan fingerprint density at radius 2 is 2.08 bits per heavy atom. The van der Waals surface area contributed by atoms with Gasteiger partial charge in [0.2, 0.25) is 0 Å². The van der Waals surface area contributed by atoms with Crippen molar-refractivity contribution in [1.82, 2.24) is 24.6 Å². The largest absolute Gasteiger partial charge is 0.348 e. The van der Waals surface area contributed by atoms with Gasteiger partial charge in [-0.15, -0.1) is 0 Å². The molecule has 0 fully saturated rings. The van der Waals surface area contributed by atoms with Gasteiger partial charge in [-0.05, 0) is 26.0 Å². The Hall–Kier alpha value is -2.60. The standard InChI is InChI=1S/C17H18ClN5O/c1-12(10-22-9-8-19-11-22)20-17(24)15-13(2)21-23(16(15)18)14-6-4-3-5-7-14/h3-9,11-12H,10H2,1-2H3,(H,20,24)/t12-/m0/s1. The van der Waals surface area contributed by atoms with Crippen molar-refractivity contribution in [1.29, 1.82) is 0 Å². The number of para-hydroxylation sites is 1. The highest BCUT2D eigenvalue weighted by Crippen LogP contribution is 2.23. The molecule has 2 aromatic heterocycles. The number of rotatable bonds is 5. The molecule has 0 aliphatic carbocycles. The first-order valence-electron chi connectivity index (χ1n) is 7.63. The van der Waals surface area contributed by atoms with E-state index < -0.39 is 0 Å². The van der Waals surface area contributed by atoms with E-state index in [4.69, 9.17) is 11.6 Å². The summed E-state index contributed by atoms with van der Waals surface area (Å²) >= 11 is 6.41. The van der Waals surface area contributed by atoms with Crippen molar-refractivity contribution in [3.05, 3.63) is 65.5 Å². The third-order valence-electron chi connectivity index (χ3n) is 3.65. The highest BCUT2D eigenvalue weighted by Gasteiger charge is 2.22. The normalized spacial score (nSPS) is 12.1. The summed E-state index contributed by atoms with van der Waals surface area (Å²) in [5.74, 6) is -0.229. The number of halogens is 1. The number of carbonyl (C=O) groups is 1. The van der Waals surface area contributed by atoms with E-state index >= 15 is 0 Å². The zero-order valence-electron chi connectivity index (χ0n) is 13.5. The van der Waals surface area contributed by atoms with Gasteiger partial charge >= 0.3 is 0 Å². The van der Waals surface area contributed by atoms with Gasteiger partial charge in [-0.2, -0.15) is 5.10 Å². The SMILES string of the molecule is Cc1nn(-c2ccccc2)c(Cl)c1C(=O)N[C@@H](C)Cn1ccnc1. The molecule has 0 unspecified atom stereocenters. The highest BCUT2D eigenvalue weighted by molar-refractivity contribution is 6.33. The van der Waals surface area contributed by atoms with Crippen molar-refractivity contribution >= 4 is 17.5 Å². The summed E-state index contributed by atoms with van der Waals surface area (Å²) in [6, 6.07) is 9.43. The summed E-state index contributed by atoms with van der Waals surface area (Å²) in [7, 11) is 0. The summed E-state index contributed by atoms with van der Waals surface area (Å²) in [4.78, 5) is 16.6. The van der Waals surface area contributed by atoms with Crippen molar-refractivity contribution in [2.24, 2.45) is 0 Å². The van der Waals surface area contributed by atoms with E-state index in [1.807, 2.05) is 48.0 Å². The van der Waals surface area contributed by atoms with Crippen LogP contribution in [0, 0.1) is 6.92 Å². The van der Waals surface area contributed by atoms with Crippen LogP contribution < -0.4 is 5.32 Å². The number of amides is 1. The summed E-state index contributed by atoms with van der Waals surface area (Å²) in [5.41, 5.74) is 1.81. The summed E-state index contributed by atoms with van der Waals surface area (Å²) < 4.78 is 3.49. The van der Waals surface area contributed by atoms with Crippen LogP contribution in [0.5, 0.6) is 0 Å². The molecule has 0 aliphatic heterocycles. The van der Waals surface area contributed by atoms with Crippen molar-refractivity contribution in [3.8, 4) is 5.69 Å². The minimum absolute atomic E-state index is 0.0674. The number of carbonyl (C=O) groups excluding carboxylic acids is 1. The first-order valence-corrected chi connectivity index (χ1v) is 8.01. The minimum atomic E-state index is -0.229. The van der Waals surface area contributed by atoms with Crippen LogP contribution in [0.3, 0.4) is 0 Å². The van der Waals surface area contributed by atoms with Gasteiger partial charge in [-0.1, -0.05) is 29.8 Å². The number of imidazole rings is 1. The molecule has 124 valence electrons. The van der Waals surface area contributed by atoms with Gasteiger partial charge in [-0.3, -0.25) is 4.79 Å². The molecule has 7 heteroatoms. The number of nitrogens with zero attached hydrogens (tertiary/aromatic N) is 4.